The van der Waals surface area contributed by atoms with Gasteiger partial charge >= 0.3 is 12.2 Å². The average Bonchev–Trinajstić information content (AvgIpc) is 3.46. The van der Waals surface area contributed by atoms with Gasteiger partial charge in [-0.3, -0.25) is 4.79 Å². The van der Waals surface area contributed by atoms with Crippen molar-refractivity contribution in [2.24, 2.45) is 0 Å². The molecule has 0 bridgehead atoms. The largest absolute Gasteiger partial charge is 0.450 e. The number of benzene rings is 2. The van der Waals surface area contributed by atoms with Crippen molar-refractivity contribution in [3.63, 3.8) is 0 Å². The number of rotatable bonds is 13. The number of halogens is 1. The van der Waals surface area contributed by atoms with E-state index >= 15 is 0 Å². The van der Waals surface area contributed by atoms with Crippen molar-refractivity contribution in [1.82, 2.24) is 16.0 Å². The molecular weight excluding hydrogens is 606 g/mol. The Morgan fingerprint density at radius 3 is 2.27 bits per heavy atom. The quantitative estimate of drug-likeness (QED) is 0.176. The summed E-state index contributed by atoms with van der Waals surface area (Å²) in [7, 11) is 0. The van der Waals surface area contributed by atoms with Crippen LogP contribution in [0.1, 0.15) is 62.1 Å². The van der Waals surface area contributed by atoms with Crippen LogP contribution in [0.4, 0.5) is 9.59 Å². The highest BCUT2D eigenvalue weighted by molar-refractivity contribution is 9.10. The number of carbonyl (C=O) groups is 3. The lowest BCUT2D eigenvalue weighted by Gasteiger charge is -2.25. The summed E-state index contributed by atoms with van der Waals surface area (Å²) in [6, 6.07) is 20.4. The summed E-state index contributed by atoms with van der Waals surface area (Å²) in [5, 5.41) is 10.6. The normalized spacial score (nSPS) is 12.6. The highest BCUT2D eigenvalue weighted by Crippen LogP contribution is 2.24. The molecule has 0 aliphatic heterocycles. The van der Waals surface area contributed by atoms with Gasteiger partial charge in [0, 0.05) is 15.9 Å². The van der Waals surface area contributed by atoms with Crippen LogP contribution in [0.2, 0.25) is 0 Å². The zero-order chi connectivity index (χ0) is 29.7. The van der Waals surface area contributed by atoms with Gasteiger partial charge in [-0.2, -0.15) is 0 Å². The number of alkyl carbamates (subject to hydrolysis) is 2. The second-order valence-electron chi connectivity index (χ2n) is 10.6. The van der Waals surface area contributed by atoms with Crippen LogP contribution in [-0.4, -0.2) is 36.3 Å². The summed E-state index contributed by atoms with van der Waals surface area (Å²) in [6.45, 7) is 5.89. The first-order valence-electron chi connectivity index (χ1n) is 13.6. The van der Waals surface area contributed by atoms with E-state index in [-0.39, 0.29) is 18.6 Å². The molecule has 0 fully saturated rings. The van der Waals surface area contributed by atoms with E-state index in [1.54, 1.807) is 32.1 Å². The lowest BCUT2D eigenvalue weighted by atomic mass is 10.0. The maximum Gasteiger partial charge on any atom is 0.408 e. The van der Waals surface area contributed by atoms with Crippen LogP contribution >= 0.6 is 27.3 Å². The van der Waals surface area contributed by atoms with Gasteiger partial charge in [0.1, 0.15) is 11.6 Å². The van der Waals surface area contributed by atoms with Gasteiger partial charge in [0.15, 0.2) is 0 Å². The maximum atomic E-state index is 13.5. The molecule has 0 spiro atoms. The first-order chi connectivity index (χ1) is 19.6. The molecule has 0 aliphatic carbocycles. The summed E-state index contributed by atoms with van der Waals surface area (Å²) in [4.78, 5) is 39.1. The molecule has 1 aromatic heterocycles. The first-order valence-corrected chi connectivity index (χ1v) is 15.3. The van der Waals surface area contributed by atoms with Crippen molar-refractivity contribution in [3.8, 4) is 0 Å². The fourth-order valence-electron chi connectivity index (χ4n) is 4.00. The van der Waals surface area contributed by atoms with E-state index in [9.17, 15) is 14.4 Å². The monoisotopic (exact) mass is 643 g/mol. The van der Waals surface area contributed by atoms with Crippen molar-refractivity contribution in [2.45, 2.75) is 70.7 Å². The van der Waals surface area contributed by atoms with Crippen molar-refractivity contribution in [1.29, 1.82) is 0 Å². The van der Waals surface area contributed by atoms with Gasteiger partial charge in [-0.1, -0.05) is 64.5 Å². The summed E-state index contributed by atoms with van der Waals surface area (Å²) in [5.74, 6) is -0.298. The third-order valence-electron chi connectivity index (χ3n) is 5.96. The van der Waals surface area contributed by atoms with E-state index in [1.165, 1.54) is 0 Å². The van der Waals surface area contributed by atoms with Gasteiger partial charge in [-0.15, -0.1) is 11.3 Å². The molecule has 3 aromatic rings. The Balaban J connectivity index is 1.56. The van der Waals surface area contributed by atoms with E-state index in [4.69, 9.17) is 9.47 Å². The Kier molecular flexibility index (Phi) is 12.7. The molecule has 41 heavy (non-hydrogen) atoms. The van der Waals surface area contributed by atoms with E-state index in [2.05, 4.69) is 31.9 Å². The van der Waals surface area contributed by atoms with Gasteiger partial charge in [-0.05, 0) is 81.2 Å². The number of thiophene rings is 1. The van der Waals surface area contributed by atoms with Gasteiger partial charge in [0.2, 0.25) is 5.91 Å². The van der Waals surface area contributed by atoms with Gasteiger partial charge in [0.25, 0.3) is 0 Å². The standard InChI is InChI=1S/C31H38BrN3O5S/c1-31(2,3)40-30(38)35-25(12-7-8-18-39-29(37)33-21-23-10-5-4-6-11-23)28(36)34-26(27-13-9-19-41-27)20-22-14-16-24(32)17-15-22/h4-6,9-11,13-17,19,25-26H,7-8,12,18,20-21H2,1-3H3,(H,33,37)(H,34,36)(H,35,38)/t25-,26-/m0/s1. The third kappa shape index (κ3) is 12.4. The minimum atomic E-state index is -0.816. The minimum Gasteiger partial charge on any atom is -0.450 e. The smallest absolute Gasteiger partial charge is 0.408 e. The molecule has 0 saturated heterocycles. The second kappa shape index (κ2) is 16.2. The van der Waals surface area contributed by atoms with E-state index < -0.39 is 23.8 Å². The number of carbonyl (C=O) groups excluding carboxylic acids is 3. The number of ether oxygens (including phenoxy) is 2. The molecule has 8 nitrogen and oxygen atoms in total. The highest BCUT2D eigenvalue weighted by Gasteiger charge is 2.27. The minimum absolute atomic E-state index is 0.197. The molecule has 0 saturated carbocycles. The van der Waals surface area contributed by atoms with Crippen LogP contribution in [0.15, 0.2) is 76.6 Å². The van der Waals surface area contributed by atoms with E-state index in [0.717, 1.165) is 20.5 Å². The fraction of sp³-hybridized carbons (Fsp3) is 0.387. The lowest BCUT2D eigenvalue weighted by molar-refractivity contribution is -0.124. The fourth-order valence-corrected chi connectivity index (χ4v) is 5.04. The number of unbranched alkanes of at least 4 members (excludes halogenated alkanes) is 1. The molecule has 2 atom stereocenters. The van der Waals surface area contributed by atoms with E-state index in [1.807, 2.05) is 72.1 Å². The van der Waals surface area contributed by atoms with Crippen molar-refractivity contribution < 1.29 is 23.9 Å². The Morgan fingerprint density at radius 2 is 1.61 bits per heavy atom. The zero-order valence-electron chi connectivity index (χ0n) is 23.7. The number of amides is 3. The molecule has 0 unspecified atom stereocenters. The Hall–Kier alpha value is -3.37. The summed E-state index contributed by atoms with van der Waals surface area (Å²) >= 11 is 5.03. The van der Waals surface area contributed by atoms with Crippen LogP contribution in [0.25, 0.3) is 0 Å². The first kappa shape index (κ1) is 32.1. The van der Waals surface area contributed by atoms with E-state index in [0.29, 0.717) is 32.2 Å². The van der Waals surface area contributed by atoms with Gasteiger partial charge in [0.05, 0.1) is 12.6 Å². The van der Waals surface area contributed by atoms with Crippen LogP contribution in [0, 0.1) is 0 Å². The number of hydrogen-bond donors (Lipinski definition) is 3. The molecule has 10 heteroatoms. The molecule has 3 rings (SSSR count). The van der Waals surface area contributed by atoms with Crippen molar-refractivity contribution >= 4 is 45.4 Å². The Bertz CT molecular complexity index is 1230. The second-order valence-corrected chi connectivity index (χ2v) is 12.5. The topological polar surface area (TPSA) is 106 Å². The molecule has 3 amide bonds. The summed E-state index contributed by atoms with van der Waals surface area (Å²) in [6.07, 6.45) is 0.888. The lowest BCUT2D eigenvalue weighted by Crippen LogP contribution is -2.49. The molecular formula is C31H38BrN3O5S. The highest BCUT2D eigenvalue weighted by atomic mass is 79.9. The molecule has 0 aliphatic rings. The van der Waals surface area contributed by atoms with Gasteiger partial charge < -0.3 is 25.4 Å². The molecule has 220 valence electrons. The Morgan fingerprint density at radius 1 is 0.878 bits per heavy atom. The van der Waals surface area contributed by atoms with Crippen LogP contribution < -0.4 is 16.0 Å². The SMILES string of the molecule is CC(C)(C)OC(=O)N[C@@H](CCCCOC(=O)NCc1ccccc1)C(=O)N[C@@H](Cc1ccc(Br)cc1)c1cccs1. The number of hydrogen-bond acceptors (Lipinski definition) is 6. The van der Waals surface area contributed by atoms with Crippen LogP contribution in [0.5, 0.6) is 0 Å². The van der Waals surface area contributed by atoms with Crippen LogP contribution in [0.3, 0.4) is 0 Å². The Labute approximate surface area is 254 Å². The van der Waals surface area contributed by atoms with Crippen LogP contribution in [-0.2, 0) is 27.2 Å². The summed E-state index contributed by atoms with van der Waals surface area (Å²) < 4.78 is 11.7. The molecule has 2 aromatic carbocycles. The number of nitrogens with one attached hydrogen (secondary N) is 3. The zero-order valence-corrected chi connectivity index (χ0v) is 26.1. The predicted molar refractivity (Wildman–Crippen MR) is 165 cm³/mol. The predicted octanol–water partition coefficient (Wildman–Crippen LogP) is 6.90. The van der Waals surface area contributed by atoms with Gasteiger partial charge in [-0.25, -0.2) is 9.59 Å². The molecule has 1 heterocycles. The maximum absolute atomic E-state index is 13.5. The third-order valence-corrected chi connectivity index (χ3v) is 7.48. The summed E-state index contributed by atoms with van der Waals surface area (Å²) in [5.41, 5.74) is 1.35. The van der Waals surface area contributed by atoms with Crippen molar-refractivity contribution in [3.05, 3.63) is 92.6 Å². The van der Waals surface area contributed by atoms with Crippen molar-refractivity contribution in [2.75, 3.05) is 6.61 Å². The molecule has 0 radical (unpaired) electrons. The average molecular weight is 645 g/mol. The molecule has 3 N–H and O–H groups in total.